The molecule has 4 atom stereocenters. The van der Waals surface area contributed by atoms with Gasteiger partial charge in [-0.05, 0) is 50.1 Å². The van der Waals surface area contributed by atoms with Crippen molar-refractivity contribution in [3.63, 3.8) is 0 Å². The molecule has 3 N–H and O–H groups in total. The summed E-state index contributed by atoms with van der Waals surface area (Å²) in [6.07, 6.45) is 3.72. The van der Waals surface area contributed by atoms with E-state index in [1.165, 1.54) is 4.90 Å². The van der Waals surface area contributed by atoms with E-state index in [0.717, 1.165) is 18.4 Å². The lowest BCUT2D eigenvalue weighted by Crippen LogP contribution is -2.61. The molecule has 0 aliphatic carbocycles. The number of nitrogens with zero attached hydrogens (tertiary/aromatic N) is 2. The molecular weight excluding hydrogens is 532 g/mol. The summed E-state index contributed by atoms with van der Waals surface area (Å²) in [4.78, 5) is 56.0. The second-order valence-corrected chi connectivity index (χ2v) is 13.5. The molecule has 1 aromatic carbocycles. The zero-order valence-corrected chi connectivity index (χ0v) is 27.2. The van der Waals surface area contributed by atoms with Crippen LogP contribution in [0.15, 0.2) is 42.0 Å². The third-order valence-corrected chi connectivity index (χ3v) is 8.47. The highest BCUT2D eigenvalue weighted by Gasteiger charge is 2.42. The first-order valence-electron chi connectivity index (χ1n) is 15.0. The van der Waals surface area contributed by atoms with Crippen molar-refractivity contribution in [3.8, 4) is 0 Å². The number of carboxylic acids is 1. The van der Waals surface area contributed by atoms with Crippen LogP contribution < -0.4 is 10.6 Å². The summed E-state index contributed by atoms with van der Waals surface area (Å²) in [7, 11) is 3.43. The van der Waals surface area contributed by atoms with Gasteiger partial charge in [-0.25, -0.2) is 4.79 Å². The summed E-state index contributed by atoms with van der Waals surface area (Å²) in [5.41, 5.74) is 0.242. The Kier molecular flexibility index (Phi) is 11.9. The number of hydrogen-bond donors (Lipinski definition) is 3. The summed E-state index contributed by atoms with van der Waals surface area (Å²) in [5, 5.41) is 15.9. The van der Waals surface area contributed by atoms with Crippen LogP contribution in [0, 0.1) is 11.3 Å². The number of aliphatic carboxylic acids is 1. The largest absolute Gasteiger partial charge is 0.480 e. The van der Waals surface area contributed by atoms with Crippen molar-refractivity contribution >= 4 is 23.7 Å². The molecular formula is C33H52N4O5. The van der Waals surface area contributed by atoms with Gasteiger partial charge in [-0.15, -0.1) is 0 Å². The second kappa shape index (κ2) is 14.3. The highest BCUT2D eigenvalue weighted by Crippen LogP contribution is 2.29. The van der Waals surface area contributed by atoms with Crippen LogP contribution in [0.1, 0.15) is 80.2 Å². The first-order valence-corrected chi connectivity index (χ1v) is 15.0. The zero-order chi connectivity index (χ0) is 32.0. The number of carbonyl (C=O) groups is 4. The monoisotopic (exact) mass is 584 g/mol. The highest BCUT2D eigenvalue weighted by atomic mass is 16.4. The number of likely N-dealkylation sites (N-methyl/N-ethyl adjacent to an activating group) is 2. The fourth-order valence-electron chi connectivity index (χ4n) is 5.82. The highest BCUT2D eigenvalue weighted by molar-refractivity contribution is 5.96. The lowest BCUT2D eigenvalue weighted by Gasteiger charge is -2.40. The van der Waals surface area contributed by atoms with Crippen LogP contribution in [-0.2, 0) is 24.6 Å². The van der Waals surface area contributed by atoms with Crippen molar-refractivity contribution in [2.75, 3.05) is 20.6 Å². The van der Waals surface area contributed by atoms with E-state index in [0.29, 0.717) is 18.5 Å². The summed E-state index contributed by atoms with van der Waals surface area (Å²) in [6, 6.07) is 7.08. The predicted octanol–water partition coefficient (Wildman–Crippen LogP) is 3.98. The number of carbonyl (C=O) groups excluding carboxylic acids is 3. The van der Waals surface area contributed by atoms with Crippen molar-refractivity contribution in [2.45, 2.75) is 104 Å². The van der Waals surface area contributed by atoms with E-state index in [1.54, 1.807) is 32.0 Å². The van der Waals surface area contributed by atoms with Gasteiger partial charge in [0.15, 0.2) is 0 Å². The van der Waals surface area contributed by atoms with E-state index in [-0.39, 0.29) is 23.6 Å². The Labute approximate surface area is 252 Å². The van der Waals surface area contributed by atoms with Gasteiger partial charge in [-0.2, -0.15) is 0 Å². The molecule has 1 fully saturated rings. The quantitative estimate of drug-likeness (QED) is 0.339. The van der Waals surface area contributed by atoms with Crippen LogP contribution in [0.5, 0.6) is 0 Å². The maximum absolute atomic E-state index is 14.1. The number of carboxylic acid groups (broad SMARTS) is 1. The predicted molar refractivity (Wildman–Crippen MR) is 166 cm³/mol. The molecule has 1 saturated heterocycles. The van der Waals surface area contributed by atoms with Gasteiger partial charge < -0.3 is 25.5 Å². The Morgan fingerprint density at radius 2 is 1.62 bits per heavy atom. The number of benzene rings is 1. The van der Waals surface area contributed by atoms with E-state index in [4.69, 9.17) is 0 Å². The number of rotatable bonds is 11. The minimum Gasteiger partial charge on any atom is -0.480 e. The molecule has 0 aromatic heterocycles. The molecule has 0 radical (unpaired) electrons. The number of piperidine rings is 1. The van der Waals surface area contributed by atoms with Crippen molar-refractivity contribution in [2.24, 2.45) is 11.3 Å². The SMILES string of the molecule is CN[C@H](C(=O)N[C@H](C(=O)N(C)[C@H](C=C(C)C(=O)N1CCCC[C@H]1C(=O)O)C(C)C)C(C)(C)C)C(C)(C)c1ccccc1. The summed E-state index contributed by atoms with van der Waals surface area (Å²) in [5.74, 6) is -1.91. The van der Waals surface area contributed by atoms with E-state index >= 15 is 0 Å². The Hall–Kier alpha value is -3.20. The van der Waals surface area contributed by atoms with Gasteiger partial charge in [0.05, 0.1) is 12.1 Å². The second-order valence-electron chi connectivity index (χ2n) is 13.5. The normalized spacial score (nSPS) is 18.7. The molecule has 2 rings (SSSR count). The van der Waals surface area contributed by atoms with Crippen LogP contribution in [0.4, 0.5) is 0 Å². The van der Waals surface area contributed by atoms with Crippen molar-refractivity contribution in [1.82, 2.24) is 20.4 Å². The van der Waals surface area contributed by atoms with Gasteiger partial charge in [0.25, 0.3) is 0 Å². The molecule has 1 heterocycles. The first kappa shape index (κ1) is 35.0. The Balaban J connectivity index is 2.34. The average Bonchev–Trinajstić information content (AvgIpc) is 2.93. The first-order chi connectivity index (χ1) is 19.4. The molecule has 1 aliphatic rings. The maximum Gasteiger partial charge on any atom is 0.326 e. The molecule has 9 nitrogen and oxygen atoms in total. The van der Waals surface area contributed by atoms with Crippen molar-refractivity contribution in [3.05, 3.63) is 47.5 Å². The van der Waals surface area contributed by atoms with Gasteiger partial charge >= 0.3 is 5.97 Å². The molecule has 0 bridgehead atoms. The summed E-state index contributed by atoms with van der Waals surface area (Å²) in [6.45, 7) is 15.7. The van der Waals surface area contributed by atoms with Crippen LogP contribution in [0.25, 0.3) is 0 Å². The molecule has 3 amide bonds. The standard InChI is InChI=1S/C33H52N4O5/c1-21(2)25(20-22(3)29(39)37-19-15-14-18-24(37)31(41)42)36(10)30(40)27(32(4,5)6)35-28(38)26(34-9)33(7,8)23-16-12-11-13-17-23/h11-13,16-17,20-21,24-27,34H,14-15,18-19H2,1-10H3,(H,35,38)(H,41,42)/t24-,25+,26+,27+/m0/s1. The Bertz CT molecular complexity index is 1140. The minimum atomic E-state index is -0.998. The van der Waals surface area contributed by atoms with E-state index in [1.807, 2.05) is 78.8 Å². The number of amides is 3. The molecule has 0 unspecified atom stereocenters. The maximum atomic E-state index is 14.1. The molecule has 42 heavy (non-hydrogen) atoms. The third kappa shape index (κ3) is 8.21. The van der Waals surface area contributed by atoms with Crippen molar-refractivity contribution in [1.29, 1.82) is 0 Å². The number of likely N-dealkylation sites (tertiary alicyclic amines) is 1. The van der Waals surface area contributed by atoms with E-state index < -0.39 is 41.0 Å². The average molecular weight is 585 g/mol. The van der Waals surface area contributed by atoms with Crippen LogP contribution in [-0.4, -0.2) is 83.4 Å². The Morgan fingerprint density at radius 3 is 2.12 bits per heavy atom. The van der Waals surface area contributed by atoms with Gasteiger partial charge in [-0.3, -0.25) is 14.4 Å². The van der Waals surface area contributed by atoms with Gasteiger partial charge in [0.2, 0.25) is 17.7 Å². The van der Waals surface area contributed by atoms with Gasteiger partial charge in [0, 0.05) is 24.6 Å². The Morgan fingerprint density at radius 1 is 1.02 bits per heavy atom. The van der Waals surface area contributed by atoms with Crippen LogP contribution in [0.3, 0.4) is 0 Å². The molecule has 1 aromatic rings. The smallest absolute Gasteiger partial charge is 0.326 e. The topological polar surface area (TPSA) is 119 Å². The minimum absolute atomic E-state index is 0.0447. The summed E-state index contributed by atoms with van der Waals surface area (Å²) < 4.78 is 0. The molecule has 1 aliphatic heterocycles. The number of hydrogen-bond acceptors (Lipinski definition) is 5. The zero-order valence-electron chi connectivity index (χ0n) is 27.2. The lowest BCUT2D eigenvalue weighted by atomic mass is 9.76. The lowest BCUT2D eigenvalue weighted by molar-refractivity contribution is -0.150. The van der Waals surface area contributed by atoms with E-state index in [9.17, 15) is 24.3 Å². The summed E-state index contributed by atoms with van der Waals surface area (Å²) >= 11 is 0. The molecule has 0 saturated carbocycles. The van der Waals surface area contributed by atoms with Gasteiger partial charge in [-0.1, -0.05) is 84.9 Å². The fraction of sp³-hybridized carbons (Fsp3) is 0.636. The number of nitrogens with one attached hydrogen (secondary N) is 2. The third-order valence-electron chi connectivity index (χ3n) is 8.47. The van der Waals surface area contributed by atoms with E-state index in [2.05, 4.69) is 10.6 Å². The van der Waals surface area contributed by atoms with Crippen molar-refractivity contribution < 1.29 is 24.3 Å². The molecule has 234 valence electrons. The van der Waals surface area contributed by atoms with Crippen LogP contribution >= 0.6 is 0 Å². The fourth-order valence-corrected chi connectivity index (χ4v) is 5.82. The van der Waals surface area contributed by atoms with Crippen LogP contribution in [0.2, 0.25) is 0 Å². The molecule has 0 spiro atoms. The van der Waals surface area contributed by atoms with Gasteiger partial charge in [0.1, 0.15) is 12.1 Å². The molecule has 9 heteroatoms.